The fourth-order valence-corrected chi connectivity index (χ4v) is 5.00. The average molecular weight is 619 g/mol. The molecule has 2 unspecified atom stereocenters. The van der Waals surface area contributed by atoms with Gasteiger partial charge in [-0.3, -0.25) is 24.6 Å². The van der Waals surface area contributed by atoms with Crippen molar-refractivity contribution in [3.63, 3.8) is 0 Å². The number of hydrazine groups is 2. The summed E-state index contributed by atoms with van der Waals surface area (Å²) in [5.74, 6) is -2.88. The highest BCUT2D eigenvalue weighted by Gasteiger charge is 2.44. The molecule has 222 valence electrons. The van der Waals surface area contributed by atoms with Crippen LogP contribution >= 0.6 is 23.2 Å². The zero-order valence-electron chi connectivity index (χ0n) is 22.2. The number of carboxylic acid groups (broad SMARTS) is 1. The first-order chi connectivity index (χ1) is 20.2. The minimum absolute atomic E-state index is 0.0767. The molecule has 0 bridgehead atoms. The Kier molecular flexibility index (Phi) is 10.2. The second kappa shape index (κ2) is 14.0. The number of halogens is 2. The Morgan fingerprint density at radius 2 is 1.79 bits per heavy atom. The van der Waals surface area contributed by atoms with Crippen LogP contribution in [0.4, 0.5) is 4.79 Å². The number of hydrogen-bond donors (Lipinski definition) is 3. The lowest BCUT2D eigenvalue weighted by molar-refractivity contribution is -0.155. The van der Waals surface area contributed by atoms with E-state index in [1.165, 1.54) is 5.01 Å². The number of urea groups is 1. The van der Waals surface area contributed by atoms with Crippen LogP contribution in [0.25, 0.3) is 0 Å². The Labute approximate surface area is 250 Å². The lowest BCUT2D eigenvalue weighted by atomic mass is 10.1. The summed E-state index contributed by atoms with van der Waals surface area (Å²) in [7, 11) is 0. The van der Waals surface area contributed by atoms with Crippen LogP contribution in [0, 0.1) is 0 Å². The van der Waals surface area contributed by atoms with E-state index >= 15 is 0 Å². The second-order valence-corrected chi connectivity index (χ2v) is 10.3. The molecule has 3 N–H and O–H groups in total. The van der Waals surface area contributed by atoms with E-state index in [9.17, 15) is 29.1 Å². The highest BCUT2D eigenvalue weighted by molar-refractivity contribution is 6.35. The van der Waals surface area contributed by atoms with Gasteiger partial charge in [0.2, 0.25) is 11.8 Å². The van der Waals surface area contributed by atoms with Crippen molar-refractivity contribution in [2.75, 3.05) is 13.1 Å². The van der Waals surface area contributed by atoms with Gasteiger partial charge in [-0.05, 0) is 37.1 Å². The highest BCUT2D eigenvalue weighted by Crippen LogP contribution is 2.25. The summed E-state index contributed by atoms with van der Waals surface area (Å²) in [5.41, 5.74) is 3.30. The van der Waals surface area contributed by atoms with Gasteiger partial charge in [0.05, 0.1) is 25.2 Å². The number of nitrogens with one attached hydrogen (secondary N) is 2. The van der Waals surface area contributed by atoms with Gasteiger partial charge in [0.1, 0.15) is 12.6 Å². The molecular weight excluding hydrogens is 591 g/mol. The zero-order chi connectivity index (χ0) is 30.2. The lowest BCUT2D eigenvalue weighted by Gasteiger charge is -2.43. The fourth-order valence-electron chi connectivity index (χ4n) is 4.49. The Balaban J connectivity index is 1.47. The molecule has 0 aliphatic carbocycles. The number of nitrogens with zero attached hydrogens (tertiary/aromatic N) is 4. The molecular formula is C27H28Cl2N6O7. The molecule has 2 saturated heterocycles. The molecule has 0 radical (unpaired) electrons. The van der Waals surface area contributed by atoms with Crippen LogP contribution in [-0.4, -0.2) is 81.2 Å². The molecule has 2 aliphatic heterocycles. The summed E-state index contributed by atoms with van der Waals surface area (Å²) >= 11 is 12.2. The molecule has 13 nitrogen and oxygen atoms in total. The van der Waals surface area contributed by atoms with Gasteiger partial charge in [0.15, 0.2) is 0 Å². The number of fused-ring (bicyclic) bond motifs is 1. The van der Waals surface area contributed by atoms with Crippen LogP contribution in [0.2, 0.25) is 10.0 Å². The largest absolute Gasteiger partial charge is 0.481 e. The van der Waals surface area contributed by atoms with E-state index in [1.807, 2.05) is 0 Å². The maximum Gasteiger partial charge on any atom is 0.358 e. The highest BCUT2D eigenvalue weighted by atomic mass is 35.5. The summed E-state index contributed by atoms with van der Waals surface area (Å²) < 4.78 is 0. The normalized spacial score (nSPS) is 17.9. The quantitative estimate of drug-likeness (QED) is 0.272. The van der Waals surface area contributed by atoms with Gasteiger partial charge in [0, 0.05) is 34.1 Å². The van der Waals surface area contributed by atoms with E-state index in [1.54, 1.807) is 48.5 Å². The van der Waals surface area contributed by atoms with Crippen molar-refractivity contribution >= 4 is 59.1 Å². The monoisotopic (exact) mass is 618 g/mol. The molecule has 2 atom stereocenters. The van der Waals surface area contributed by atoms with Gasteiger partial charge in [-0.25, -0.2) is 19.8 Å². The number of carbonyl (C=O) groups is 5. The van der Waals surface area contributed by atoms with Gasteiger partial charge < -0.3 is 15.3 Å². The van der Waals surface area contributed by atoms with Crippen LogP contribution in [0.1, 0.15) is 41.6 Å². The Hall–Kier alpha value is -4.36. The van der Waals surface area contributed by atoms with Gasteiger partial charge in [-0.1, -0.05) is 52.6 Å². The van der Waals surface area contributed by atoms with Crippen molar-refractivity contribution in [3.05, 3.63) is 69.7 Å². The van der Waals surface area contributed by atoms with E-state index in [0.717, 1.165) is 16.2 Å². The predicted molar refractivity (Wildman–Crippen MR) is 151 cm³/mol. The lowest BCUT2D eigenvalue weighted by Crippen LogP contribution is -2.64. The molecule has 0 saturated carbocycles. The van der Waals surface area contributed by atoms with Crippen molar-refractivity contribution in [1.82, 2.24) is 25.8 Å². The van der Waals surface area contributed by atoms with Gasteiger partial charge in [-0.15, -0.1) is 0 Å². The van der Waals surface area contributed by atoms with Gasteiger partial charge in [0.25, 0.3) is 5.91 Å². The topological polar surface area (TPSA) is 161 Å². The molecule has 2 fully saturated rings. The van der Waals surface area contributed by atoms with E-state index < -0.39 is 48.2 Å². The van der Waals surface area contributed by atoms with Crippen molar-refractivity contribution in [2.24, 2.45) is 5.16 Å². The third-order valence-corrected chi connectivity index (χ3v) is 7.26. The van der Waals surface area contributed by atoms with Crippen LogP contribution in [0.15, 0.2) is 53.7 Å². The van der Waals surface area contributed by atoms with Crippen molar-refractivity contribution < 1.29 is 33.9 Å². The Bertz CT molecular complexity index is 1360. The molecule has 4 rings (SSSR count). The molecule has 2 aromatic carbocycles. The Morgan fingerprint density at radius 3 is 2.48 bits per heavy atom. The number of carboxylic acids is 1. The molecule has 0 spiro atoms. The van der Waals surface area contributed by atoms with E-state index in [-0.39, 0.29) is 32.5 Å². The minimum atomic E-state index is -1.22. The van der Waals surface area contributed by atoms with Crippen molar-refractivity contribution in [2.45, 2.75) is 44.4 Å². The van der Waals surface area contributed by atoms with Crippen molar-refractivity contribution in [3.8, 4) is 0 Å². The SMILES string of the molecule is O=C(O)CC(/C=N/OCc1c(Cl)cccc1Cl)NC(=O)C1CCCN2C(=O)CCN(NC(=O)c3ccccc3)C(=O)N12. The first-order valence-corrected chi connectivity index (χ1v) is 13.8. The summed E-state index contributed by atoms with van der Waals surface area (Å²) in [6.07, 6.45) is 1.11. The minimum Gasteiger partial charge on any atom is -0.481 e. The summed E-state index contributed by atoms with van der Waals surface area (Å²) in [6, 6.07) is 10.1. The van der Waals surface area contributed by atoms with Crippen molar-refractivity contribution in [1.29, 1.82) is 0 Å². The molecule has 2 heterocycles. The molecule has 2 aliphatic rings. The maximum absolute atomic E-state index is 13.6. The number of amides is 5. The molecule has 42 heavy (non-hydrogen) atoms. The first-order valence-electron chi connectivity index (χ1n) is 13.0. The average Bonchev–Trinajstić information content (AvgIpc) is 3.08. The first kappa shape index (κ1) is 30.6. The van der Waals surface area contributed by atoms with E-state index in [0.29, 0.717) is 27.6 Å². The molecule has 0 aromatic heterocycles. The number of carbonyl (C=O) groups excluding carboxylic acids is 4. The third kappa shape index (κ3) is 7.47. The third-order valence-electron chi connectivity index (χ3n) is 6.55. The van der Waals surface area contributed by atoms with E-state index in [4.69, 9.17) is 28.0 Å². The summed E-state index contributed by atoms with van der Waals surface area (Å²) in [6.45, 7) is 0.00119. The summed E-state index contributed by atoms with van der Waals surface area (Å²) in [4.78, 5) is 69.3. The summed E-state index contributed by atoms with van der Waals surface area (Å²) in [5, 5.41) is 19.7. The van der Waals surface area contributed by atoms with E-state index in [2.05, 4.69) is 15.9 Å². The number of rotatable bonds is 10. The maximum atomic E-state index is 13.6. The fraction of sp³-hybridized carbons (Fsp3) is 0.333. The standard InChI is InChI=1S/C27H28Cl2N6O7/c28-20-8-4-9-21(29)19(20)16-42-30-15-18(14-24(37)38)31-26(40)22-10-5-12-34-23(36)11-13-33(27(41)35(22)34)32-25(39)17-6-2-1-3-7-17/h1-4,6-9,15,18,22H,5,10-14,16H2,(H,31,40)(H,32,39)(H,37,38)/b30-15+. The molecule has 2 aromatic rings. The smallest absolute Gasteiger partial charge is 0.358 e. The van der Waals surface area contributed by atoms with Crippen LogP contribution in [0.5, 0.6) is 0 Å². The second-order valence-electron chi connectivity index (χ2n) is 9.45. The van der Waals surface area contributed by atoms with Gasteiger partial charge >= 0.3 is 12.0 Å². The predicted octanol–water partition coefficient (Wildman–Crippen LogP) is 2.83. The van der Waals surface area contributed by atoms with Crippen LogP contribution in [-0.2, 0) is 25.8 Å². The number of benzene rings is 2. The number of aliphatic carboxylic acids is 1. The number of oxime groups is 1. The molecule has 15 heteroatoms. The van der Waals surface area contributed by atoms with Crippen LogP contribution in [0.3, 0.4) is 0 Å². The zero-order valence-corrected chi connectivity index (χ0v) is 23.8. The molecule has 5 amide bonds. The Morgan fingerprint density at radius 1 is 1.07 bits per heavy atom. The van der Waals surface area contributed by atoms with Crippen LogP contribution < -0.4 is 10.7 Å². The number of hydrogen-bond acceptors (Lipinski definition) is 7. The van der Waals surface area contributed by atoms with Gasteiger partial charge in [-0.2, -0.15) is 0 Å².